The zero-order valence-corrected chi connectivity index (χ0v) is 14.0. The van der Waals surface area contributed by atoms with Crippen LogP contribution in [0.5, 0.6) is 0 Å². The lowest BCUT2D eigenvalue weighted by Crippen LogP contribution is -2.59. The van der Waals surface area contributed by atoms with Crippen molar-refractivity contribution in [1.29, 1.82) is 0 Å². The first kappa shape index (κ1) is 17.8. The summed E-state index contributed by atoms with van der Waals surface area (Å²) in [5.41, 5.74) is -0.552. The second kappa shape index (κ2) is 8.25. The number of nitrogens with one attached hydrogen (secondary N) is 1. The molecule has 2 atom stereocenters. The molecule has 5 heteroatoms. The number of ether oxygens (including phenoxy) is 1. The van der Waals surface area contributed by atoms with E-state index in [9.17, 15) is 4.79 Å². The molecule has 0 saturated heterocycles. The molecule has 0 heterocycles. The van der Waals surface area contributed by atoms with Gasteiger partial charge in [0.2, 0.25) is 0 Å². The molecule has 2 unspecified atom stereocenters. The minimum Gasteiger partial charge on any atom is -0.465 e. The second-order valence-electron chi connectivity index (χ2n) is 6.07. The van der Waals surface area contributed by atoms with Crippen LogP contribution in [0.4, 0.5) is 0 Å². The van der Waals surface area contributed by atoms with Gasteiger partial charge in [0.05, 0.1) is 6.61 Å². The van der Waals surface area contributed by atoms with E-state index in [-0.39, 0.29) is 24.5 Å². The Bertz CT molecular complexity index is 307. The lowest BCUT2D eigenvalue weighted by molar-refractivity contribution is -0.151. The van der Waals surface area contributed by atoms with Gasteiger partial charge in [-0.3, -0.25) is 10.1 Å². The quantitative estimate of drug-likeness (QED) is 0.605. The highest BCUT2D eigenvalue weighted by Gasteiger charge is 2.52. The molecule has 4 nitrogen and oxygen atoms in total. The smallest absolute Gasteiger partial charge is 0.327 e. The molecule has 0 amide bonds. The number of aliphatic hydroxyl groups excluding tert-OH is 1. The van der Waals surface area contributed by atoms with Gasteiger partial charge in [-0.25, -0.2) is 0 Å². The molecule has 2 N–H and O–H groups in total. The van der Waals surface area contributed by atoms with E-state index < -0.39 is 5.54 Å². The average molecular weight is 303 g/mol. The maximum absolute atomic E-state index is 12.5. The standard InChI is InChI=1S/C15H29NO3S/c1-5-19-14(18)15(13-6-7-13,16-11(2)3)10-20-9-12(4)8-17/h11-13,16-17H,5-10H2,1-4H3. The molecule has 118 valence electrons. The van der Waals surface area contributed by atoms with E-state index in [1.807, 2.05) is 13.8 Å². The van der Waals surface area contributed by atoms with E-state index in [1.54, 1.807) is 11.8 Å². The number of hydrogen-bond acceptors (Lipinski definition) is 5. The zero-order chi connectivity index (χ0) is 15.2. The van der Waals surface area contributed by atoms with Crippen molar-refractivity contribution in [2.45, 2.75) is 52.1 Å². The summed E-state index contributed by atoms with van der Waals surface area (Å²) >= 11 is 1.73. The van der Waals surface area contributed by atoms with Gasteiger partial charge in [0.25, 0.3) is 0 Å². The fraction of sp³-hybridized carbons (Fsp3) is 0.933. The van der Waals surface area contributed by atoms with Gasteiger partial charge >= 0.3 is 5.97 Å². The predicted octanol–water partition coefficient (Wildman–Crippen LogP) is 2.06. The van der Waals surface area contributed by atoms with Gasteiger partial charge in [0.1, 0.15) is 5.54 Å². The minimum atomic E-state index is -0.552. The van der Waals surface area contributed by atoms with Crippen LogP contribution >= 0.6 is 11.8 Å². The Balaban J connectivity index is 2.72. The van der Waals surface area contributed by atoms with Crippen molar-refractivity contribution in [3.63, 3.8) is 0 Å². The summed E-state index contributed by atoms with van der Waals surface area (Å²) in [6, 6.07) is 0.246. The molecule has 0 aliphatic heterocycles. The molecule has 0 bridgehead atoms. The van der Waals surface area contributed by atoms with E-state index >= 15 is 0 Å². The van der Waals surface area contributed by atoms with Crippen LogP contribution in [0.2, 0.25) is 0 Å². The van der Waals surface area contributed by atoms with Crippen molar-refractivity contribution < 1.29 is 14.6 Å². The van der Waals surface area contributed by atoms with Gasteiger partial charge in [-0.1, -0.05) is 6.92 Å². The zero-order valence-electron chi connectivity index (χ0n) is 13.1. The van der Waals surface area contributed by atoms with Gasteiger partial charge in [0.15, 0.2) is 0 Å². The number of hydrogen-bond donors (Lipinski definition) is 2. The van der Waals surface area contributed by atoms with E-state index in [0.717, 1.165) is 24.3 Å². The third-order valence-electron chi connectivity index (χ3n) is 3.50. The Morgan fingerprint density at radius 2 is 2.10 bits per heavy atom. The fourth-order valence-electron chi connectivity index (χ4n) is 2.39. The average Bonchev–Trinajstić information content (AvgIpc) is 3.21. The van der Waals surface area contributed by atoms with E-state index in [1.165, 1.54) is 0 Å². The Labute approximate surface area is 127 Å². The van der Waals surface area contributed by atoms with Crippen LogP contribution in [0.1, 0.15) is 40.5 Å². The van der Waals surface area contributed by atoms with Gasteiger partial charge < -0.3 is 9.84 Å². The fourth-order valence-corrected chi connectivity index (χ4v) is 3.77. The van der Waals surface area contributed by atoms with Gasteiger partial charge in [-0.05, 0) is 51.2 Å². The monoisotopic (exact) mass is 303 g/mol. The molecule has 20 heavy (non-hydrogen) atoms. The summed E-state index contributed by atoms with van der Waals surface area (Å²) in [6.07, 6.45) is 2.18. The number of rotatable bonds is 10. The van der Waals surface area contributed by atoms with Crippen molar-refractivity contribution in [2.75, 3.05) is 24.7 Å². The van der Waals surface area contributed by atoms with Crippen molar-refractivity contribution in [3.05, 3.63) is 0 Å². The Kier molecular flexibility index (Phi) is 7.34. The Morgan fingerprint density at radius 3 is 2.55 bits per heavy atom. The molecule has 0 spiro atoms. The highest BCUT2D eigenvalue weighted by molar-refractivity contribution is 7.99. The van der Waals surface area contributed by atoms with Gasteiger partial charge in [-0.15, -0.1) is 0 Å². The summed E-state index contributed by atoms with van der Waals surface area (Å²) < 4.78 is 5.33. The summed E-state index contributed by atoms with van der Waals surface area (Å²) in [7, 11) is 0. The third-order valence-corrected chi connectivity index (χ3v) is 4.97. The molecule has 0 aromatic carbocycles. The number of aliphatic hydroxyl groups is 1. The molecule has 0 aromatic heterocycles. The Morgan fingerprint density at radius 1 is 1.45 bits per heavy atom. The molecule has 1 saturated carbocycles. The molecular weight excluding hydrogens is 274 g/mol. The van der Waals surface area contributed by atoms with Crippen LogP contribution in [0.15, 0.2) is 0 Å². The number of thioether (sulfide) groups is 1. The van der Waals surface area contributed by atoms with Crippen molar-refractivity contribution in [1.82, 2.24) is 5.32 Å². The first-order chi connectivity index (χ1) is 9.46. The molecule has 0 aromatic rings. The minimum absolute atomic E-state index is 0.111. The van der Waals surface area contributed by atoms with Crippen molar-refractivity contribution in [2.24, 2.45) is 11.8 Å². The number of esters is 1. The second-order valence-corrected chi connectivity index (χ2v) is 7.10. The van der Waals surface area contributed by atoms with Crippen LogP contribution in [0.3, 0.4) is 0 Å². The van der Waals surface area contributed by atoms with E-state index in [4.69, 9.17) is 9.84 Å². The largest absolute Gasteiger partial charge is 0.465 e. The first-order valence-corrected chi connectivity index (χ1v) is 8.75. The highest BCUT2D eigenvalue weighted by Crippen LogP contribution is 2.42. The number of carbonyl (C=O) groups is 1. The normalized spacial score (nSPS) is 19.7. The highest BCUT2D eigenvalue weighted by atomic mass is 32.2. The SMILES string of the molecule is CCOC(=O)C(CSCC(C)CO)(NC(C)C)C1CC1. The lowest BCUT2D eigenvalue weighted by Gasteiger charge is -2.34. The lowest BCUT2D eigenvalue weighted by atomic mass is 9.94. The van der Waals surface area contributed by atoms with Crippen LogP contribution in [-0.4, -0.2) is 47.4 Å². The third kappa shape index (κ3) is 4.93. The molecule has 1 aliphatic carbocycles. The molecule has 0 radical (unpaired) electrons. The Hall–Kier alpha value is -0.260. The topological polar surface area (TPSA) is 58.6 Å². The van der Waals surface area contributed by atoms with Crippen molar-refractivity contribution >= 4 is 17.7 Å². The number of carbonyl (C=O) groups excluding carboxylic acids is 1. The van der Waals surface area contributed by atoms with E-state index in [0.29, 0.717) is 12.5 Å². The summed E-state index contributed by atoms with van der Waals surface area (Å²) in [4.78, 5) is 12.5. The summed E-state index contributed by atoms with van der Waals surface area (Å²) in [6.45, 7) is 8.62. The molecular formula is C15H29NO3S. The van der Waals surface area contributed by atoms with E-state index in [2.05, 4.69) is 19.2 Å². The summed E-state index contributed by atoms with van der Waals surface area (Å²) in [5, 5.41) is 12.6. The summed E-state index contributed by atoms with van der Waals surface area (Å²) in [5.74, 6) is 2.13. The molecule has 1 rings (SSSR count). The molecule has 1 aliphatic rings. The van der Waals surface area contributed by atoms with Crippen LogP contribution in [-0.2, 0) is 9.53 Å². The van der Waals surface area contributed by atoms with Gasteiger partial charge in [0, 0.05) is 18.4 Å². The van der Waals surface area contributed by atoms with Crippen LogP contribution in [0, 0.1) is 11.8 Å². The van der Waals surface area contributed by atoms with Crippen molar-refractivity contribution in [3.8, 4) is 0 Å². The molecule has 1 fully saturated rings. The van der Waals surface area contributed by atoms with Crippen LogP contribution in [0.25, 0.3) is 0 Å². The van der Waals surface area contributed by atoms with Gasteiger partial charge in [-0.2, -0.15) is 11.8 Å². The first-order valence-electron chi connectivity index (χ1n) is 7.59. The predicted molar refractivity (Wildman–Crippen MR) is 83.9 cm³/mol. The maximum atomic E-state index is 12.5. The maximum Gasteiger partial charge on any atom is 0.327 e. The van der Waals surface area contributed by atoms with Crippen LogP contribution < -0.4 is 5.32 Å².